The van der Waals surface area contributed by atoms with Gasteiger partial charge in [-0.05, 0) is 25.2 Å². The molecule has 0 aromatic rings. The summed E-state index contributed by atoms with van der Waals surface area (Å²) in [6, 6.07) is 0. The fraction of sp³-hybridized carbons (Fsp3) is 0.889. The first-order valence-electron chi connectivity index (χ1n) is 4.74. The summed E-state index contributed by atoms with van der Waals surface area (Å²) in [7, 11) is -4.24. The molecule has 5 heteroatoms. The molecular formula is C9H14O4S. The molecule has 14 heavy (non-hydrogen) atoms. The Hall–Kier alpha value is -0.420. The van der Waals surface area contributed by atoms with Crippen LogP contribution in [-0.2, 0) is 14.9 Å². The molecule has 4 nitrogen and oxygen atoms in total. The first-order valence-corrected chi connectivity index (χ1v) is 6.18. The minimum absolute atomic E-state index is 0.108. The van der Waals surface area contributed by atoms with Gasteiger partial charge in [-0.15, -0.1) is 0 Å². The van der Waals surface area contributed by atoms with E-state index in [9.17, 15) is 13.2 Å². The van der Waals surface area contributed by atoms with Gasteiger partial charge < -0.3 is 0 Å². The Morgan fingerprint density at radius 2 is 2.00 bits per heavy atom. The summed E-state index contributed by atoms with van der Waals surface area (Å²) in [4.78, 5) is 11.9. The summed E-state index contributed by atoms with van der Waals surface area (Å²) < 4.78 is 30.2. The molecule has 1 N–H and O–H groups in total. The molecule has 80 valence electrons. The molecule has 2 bridgehead atoms. The van der Waals surface area contributed by atoms with Crippen LogP contribution in [0.3, 0.4) is 0 Å². The van der Waals surface area contributed by atoms with Crippen LogP contribution in [0.15, 0.2) is 0 Å². The highest BCUT2D eigenvalue weighted by molar-refractivity contribution is 7.88. The molecule has 2 fully saturated rings. The van der Waals surface area contributed by atoms with Crippen molar-refractivity contribution in [2.45, 2.75) is 37.9 Å². The maximum absolute atomic E-state index is 11.9. The van der Waals surface area contributed by atoms with E-state index in [0.29, 0.717) is 12.8 Å². The number of hydrogen-bond acceptors (Lipinski definition) is 3. The van der Waals surface area contributed by atoms with Gasteiger partial charge in [0, 0.05) is 5.41 Å². The quantitative estimate of drug-likeness (QED) is 0.667. The number of fused-ring (bicyclic) bond motifs is 2. The van der Waals surface area contributed by atoms with E-state index >= 15 is 0 Å². The largest absolute Gasteiger partial charge is 0.297 e. The molecule has 0 amide bonds. The normalized spacial score (nSPS) is 40.5. The van der Waals surface area contributed by atoms with Crippen molar-refractivity contribution in [2.24, 2.45) is 11.3 Å². The van der Waals surface area contributed by atoms with E-state index < -0.39 is 20.3 Å². The maximum atomic E-state index is 11.9. The van der Waals surface area contributed by atoms with Gasteiger partial charge in [-0.3, -0.25) is 9.35 Å². The highest BCUT2D eigenvalue weighted by Gasteiger charge is 2.67. The molecule has 2 rings (SSSR count). The van der Waals surface area contributed by atoms with E-state index in [2.05, 4.69) is 0 Å². The van der Waals surface area contributed by atoms with Crippen molar-refractivity contribution in [3.63, 3.8) is 0 Å². The average molecular weight is 218 g/mol. The van der Waals surface area contributed by atoms with Gasteiger partial charge in [0.2, 0.25) is 0 Å². The van der Waals surface area contributed by atoms with Gasteiger partial charge in [-0.1, -0.05) is 13.8 Å². The summed E-state index contributed by atoms with van der Waals surface area (Å²) in [5.41, 5.74) is -0.589. The number of carbonyl (C=O) groups is 1. The predicted octanol–water partition coefficient (Wildman–Crippen LogP) is 1.02. The van der Waals surface area contributed by atoms with Crippen LogP contribution in [0.25, 0.3) is 0 Å². The molecule has 2 aliphatic rings. The highest BCUT2D eigenvalue weighted by Crippen LogP contribution is 2.58. The van der Waals surface area contributed by atoms with Gasteiger partial charge in [-0.25, -0.2) is 0 Å². The predicted molar refractivity (Wildman–Crippen MR) is 50.4 cm³/mol. The van der Waals surface area contributed by atoms with Gasteiger partial charge in [0.1, 0.15) is 0 Å². The van der Waals surface area contributed by atoms with Crippen molar-refractivity contribution in [1.82, 2.24) is 0 Å². The van der Waals surface area contributed by atoms with E-state index in [0.717, 1.165) is 6.42 Å². The molecule has 0 heterocycles. The lowest BCUT2D eigenvalue weighted by Gasteiger charge is -2.31. The van der Waals surface area contributed by atoms with E-state index in [-0.39, 0.29) is 11.7 Å². The van der Waals surface area contributed by atoms with E-state index in [1.807, 2.05) is 0 Å². The second-order valence-corrected chi connectivity index (χ2v) is 6.69. The Morgan fingerprint density at radius 3 is 2.29 bits per heavy atom. The summed E-state index contributed by atoms with van der Waals surface area (Å²) in [5.74, 6) is -0.194. The van der Waals surface area contributed by atoms with Crippen LogP contribution in [0.2, 0.25) is 0 Å². The first kappa shape index (κ1) is 10.1. The SMILES string of the molecule is CC1(C)C(=O)C2(S(=O)(=O)O)CCC1C2. The minimum atomic E-state index is -4.24. The van der Waals surface area contributed by atoms with Gasteiger partial charge in [-0.2, -0.15) is 8.42 Å². The van der Waals surface area contributed by atoms with Crippen molar-refractivity contribution in [3.8, 4) is 0 Å². The van der Waals surface area contributed by atoms with E-state index in [4.69, 9.17) is 4.55 Å². The number of ketones is 1. The lowest BCUT2D eigenvalue weighted by atomic mass is 9.75. The van der Waals surface area contributed by atoms with Crippen molar-refractivity contribution in [2.75, 3.05) is 0 Å². The number of rotatable bonds is 1. The molecule has 2 saturated carbocycles. The Balaban J connectivity index is 2.57. The summed E-state index contributed by atoms with van der Waals surface area (Å²) >= 11 is 0. The zero-order chi connectivity index (χ0) is 10.8. The molecule has 0 spiro atoms. The number of Topliss-reactive ketones (excluding diaryl/α,β-unsaturated/α-hetero) is 1. The van der Waals surface area contributed by atoms with Crippen LogP contribution in [-0.4, -0.2) is 23.5 Å². The topological polar surface area (TPSA) is 71.4 Å². The molecule has 2 aliphatic carbocycles. The molecule has 0 aliphatic heterocycles. The van der Waals surface area contributed by atoms with Crippen molar-refractivity contribution in [1.29, 1.82) is 0 Å². The molecule has 2 atom stereocenters. The monoisotopic (exact) mass is 218 g/mol. The summed E-state index contributed by atoms with van der Waals surface area (Å²) in [6.45, 7) is 3.54. The molecular weight excluding hydrogens is 204 g/mol. The van der Waals surface area contributed by atoms with Crippen molar-refractivity contribution < 1.29 is 17.8 Å². The second-order valence-electron chi connectivity index (χ2n) is 4.96. The van der Waals surface area contributed by atoms with Crippen LogP contribution < -0.4 is 0 Å². The lowest BCUT2D eigenvalue weighted by Crippen LogP contribution is -2.47. The third-order valence-corrected chi connectivity index (χ3v) is 5.53. The molecule has 0 aromatic heterocycles. The molecule has 0 aromatic carbocycles. The number of hydrogen-bond donors (Lipinski definition) is 1. The van der Waals surface area contributed by atoms with Crippen molar-refractivity contribution >= 4 is 15.9 Å². The molecule has 0 saturated heterocycles. The Bertz CT molecular complexity index is 395. The number of carbonyl (C=O) groups excluding carboxylic acids is 1. The minimum Gasteiger partial charge on any atom is -0.297 e. The third kappa shape index (κ3) is 0.918. The van der Waals surface area contributed by atoms with Crippen LogP contribution in [0.4, 0.5) is 0 Å². The fourth-order valence-corrected chi connectivity index (χ4v) is 4.24. The zero-order valence-corrected chi connectivity index (χ0v) is 9.10. The van der Waals surface area contributed by atoms with Crippen LogP contribution in [0.1, 0.15) is 33.1 Å². The van der Waals surface area contributed by atoms with Gasteiger partial charge in [0.25, 0.3) is 10.1 Å². The average Bonchev–Trinajstić information content (AvgIpc) is 2.51. The standard InChI is InChI=1S/C9H14O4S/c1-8(2)6-3-4-9(5-6,7(8)10)14(11,12)13/h6H,3-5H2,1-2H3,(H,11,12,13). The van der Waals surface area contributed by atoms with Crippen LogP contribution in [0.5, 0.6) is 0 Å². The summed E-state index contributed by atoms with van der Waals surface area (Å²) in [6.07, 6.45) is 1.31. The van der Waals surface area contributed by atoms with Gasteiger partial charge in [0.05, 0.1) is 0 Å². The Morgan fingerprint density at radius 1 is 1.43 bits per heavy atom. The first-order chi connectivity index (χ1) is 6.22. The van der Waals surface area contributed by atoms with Crippen LogP contribution in [0, 0.1) is 11.3 Å². The third-order valence-electron chi connectivity index (χ3n) is 3.99. The Labute approximate surface area is 83.4 Å². The second kappa shape index (κ2) is 2.39. The van der Waals surface area contributed by atoms with E-state index in [1.54, 1.807) is 13.8 Å². The van der Waals surface area contributed by atoms with Gasteiger partial charge >= 0.3 is 0 Å². The van der Waals surface area contributed by atoms with Gasteiger partial charge in [0.15, 0.2) is 10.5 Å². The highest BCUT2D eigenvalue weighted by atomic mass is 32.2. The van der Waals surface area contributed by atoms with Crippen LogP contribution >= 0.6 is 0 Å². The smallest absolute Gasteiger partial charge is 0.277 e. The summed E-state index contributed by atoms with van der Waals surface area (Å²) in [5, 5.41) is 0. The lowest BCUT2D eigenvalue weighted by molar-refractivity contribution is -0.129. The molecule has 0 radical (unpaired) electrons. The Kier molecular flexibility index (Phi) is 1.72. The fourth-order valence-electron chi connectivity index (χ4n) is 2.96. The van der Waals surface area contributed by atoms with E-state index in [1.165, 1.54) is 0 Å². The zero-order valence-electron chi connectivity index (χ0n) is 8.28. The molecule has 2 unspecified atom stereocenters. The van der Waals surface area contributed by atoms with Crippen molar-refractivity contribution in [3.05, 3.63) is 0 Å². The maximum Gasteiger partial charge on any atom is 0.277 e.